The number of benzene rings is 2. The van der Waals surface area contributed by atoms with Gasteiger partial charge in [0.15, 0.2) is 0 Å². The van der Waals surface area contributed by atoms with E-state index in [4.69, 9.17) is 0 Å². The number of anilines is 1. The molecule has 146 valence electrons. The van der Waals surface area contributed by atoms with Gasteiger partial charge in [-0.15, -0.1) is 0 Å². The molecule has 9 heteroatoms. The van der Waals surface area contributed by atoms with Crippen LogP contribution in [0.3, 0.4) is 0 Å². The SMILES string of the molecule is Cc1ccc(S(=O)(=O)Nc2ccc(CC(=O)NCC(F)(F)F)cc2)c(C)c1. The van der Waals surface area contributed by atoms with Crippen molar-refractivity contribution >= 4 is 21.6 Å². The van der Waals surface area contributed by atoms with E-state index in [1.54, 1.807) is 24.4 Å². The molecule has 0 unspecified atom stereocenters. The fourth-order valence-corrected chi connectivity index (χ4v) is 3.73. The minimum atomic E-state index is -4.47. The lowest BCUT2D eigenvalue weighted by Crippen LogP contribution is -2.34. The van der Waals surface area contributed by atoms with E-state index in [0.29, 0.717) is 11.1 Å². The van der Waals surface area contributed by atoms with Crippen LogP contribution in [0.4, 0.5) is 18.9 Å². The van der Waals surface area contributed by atoms with Crippen LogP contribution in [0, 0.1) is 13.8 Å². The molecule has 0 aliphatic carbocycles. The number of carbonyl (C=O) groups excluding carboxylic acids is 1. The number of nitrogens with one attached hydrogen (secondary N) is 2. The molecule has 0 radical (unpaired) electrons. The second-order valence-electron chi connectivity index (χ2n) is 6.14. The monoisotopic (exact) mass is 400 g/mol. The van der Waals surface area contributed by atoms with Crippen LogP contribution in [0.2, 0.25) is 0 Å². The fourth-order valence-electron chi connectivity index (χ4n) is 2.45. The number of rotatable bonds is 6. The van der Waals surface area contributed by atoms with Gasteiger partial charge in [-0.2, -0.15) is 13.2 Å². The number of alkyl halides is 3. The molecule has 0 saturated heterocycles. The summed E-state index contributed by atoms with van der Waals surface area (Å²) in [6.45, 7) is 2.17. The number of amides is 1. The summed E-state index contributed by atoms with van der Waals surface area (Å²) in [5.74, 6) is -0.768. The van der Waals surface area contributed by atoms with Crippen molar-refractivity contribution in [3.05, 3.63) is 59.2 Å². The highest BCUT2D eigenvalue weighted by molar-refractivity contribution is 7.92. The van der Waals surface area contributed by atoms with E-state index >= 15 is 0 Å². The maximum Gasteiger partial charge on any atom is 0.405 e. The van der Waals surface area contributed by atoms with Crippen LogP contribution >= 0.6 is 0 Å². The molecule has 2 aromatic carbocycles. The molecular weight excluding hydrogens is 381 g/mol. The zero-order valence-corrected chi connectivity index (χ0v) is 15.5. The van der Waals surface area contributed by atoms with Crippen LogP contribution in [0.15, 0.2) is 47.4 Å². The summed E-state index contributed by atoms with van der Waals surface area (Å²) >= 11 is 0. The van der Waals surface area contributed by atoms with Crippen LogP contribution in [0.25, 0.3) is 0 Å². The molecular formula is C18H19F3N2O3S. The minimum absolute atomic E-state index is 0.156. The number of sulfonamides is 1. The lowest BCUT2D eigenvalue weighted by molar-refractivity contribution is -0.138. The van der Waals surface area contributed by atoms with Crippen molar-refractivity contribution in [1.29, 1.82) is 0 Å². The Morgan fingerprint density at radius 1 is 1.04 bits per heavy atom. The normalized spacial score (nSPS) is 11.9. The van der Waals surface area contributed by atoms with Crippen LogP contribution in [-0.4, -0.2) is 27.0 Å². The fraction of sp³-hybridized carbons (Fsp3) is 0.278. The first-order valence-corrected chi connectivity index (χ1v) is 9.47. The highest BCUT2D eigenvalue weighted by atomic mass is 32.2. The summed E-state index contributed by atoms with van der Waals surface area (Å²) < 4.78 is 63.7. The lowest BCUT2D eigenvalue weighted by Gasteiger charge is -2.12. The summed E-state index contributed by atoms with van der Waals surface area (Å²) in [7, 11) is -3.78. The van der Waals surface area contributed by atoms with Gasteiger partial charge in [0.1, 0.15) is 6.54 Å². The highest BCUT2D eigenvalue weighted by Crippen LogP contribution is 2.21. The molecule has 0 atom stereocenters. The molecule has 0 saturated carbocycles. The first-order valence-electron chi connectivity index (χ1n) is 7.99. The van der Waals surface area contributed by atoms with Gasteiger partial charge >= 0.3 is 6.18 Å². The molecule has 27 heavy (non-hydrogen) atoms. The molecule has 0 heterocycles. The standard InChI is InChI=1S/C18H19F3N2O3S/c1-12-3-8-16(13(2)9-12)27(25,26)23-15-6-4-14(5-7-15)10-17(24)22-11-18(19,20)21/h3-9,23H,10-11H2,1-2H3,(H,22,24). The molecule has 0 aliphatic rings. The molecule has 0 fully saturated rings. The number of hydrogen-bond acceptors (Lipinski definition) is 3. The molecule has 1 amide bonds. The zero-order valence-electron chi connectivity index (χ0n) is 14.7. The minimum Gasteiger partial charge on any atom is -0.347 e. The third kappa shape index (κ3) is 6.28. The smallest absolute Gasteiger partial charge is 0.347 e. The van der Waals surface area contributed by atoms with Gasteiger partial charge in [-0.25, -0.2) is 8.42 Å². The van der Waals surface area contributed by atoms with E-state index in [-0.39, 0.29) is 17.0 Å². The maximum atomic E-state index is 12.5. The quantitative estimate of drug-likeness (QED) is 0.781. The summed E-state index contributed by atoms with van der Waals surface area (Å²) in [6, 6.07) is 10.8. The van der Waals surface area contributed by atoms with Gasteiger partial charge in [-0.05, 0) is 43.2 Å². The second kappa shape index (κ2) is 7.99. The number of hydrogen-bond donors (Lipinski definition) is 2. The number of aryl methyl sites for hydroxylation is 2. The van der Waals surface area contributed by atoms with E-state index in [1.807, 2.05) is 6.92 Å². The Hall–Kier alpha value is -2.55. The van der Waals surface area contributed by atoms with E-state index in [1.165, 1.54) is 30.3 Å². The van der Waals surface area contributed by atoms with E-state index in [0.717, 1.165) is 5.56 Å². The average Bonchev–Trinajstić information content (AvgIpc) is 2.53. The summed E-state index contributed by atoms with van der Waals surface area (Å²) in [6.07, 6.45) is -4.70. The molecule has 0 aliphatic heterocycles. The van der Waals surface area contributed by atoms with E-state index in [9.17, 15) is 26.4 Å². The van der Waals surface area contributed by atoms with Crippen LogP contribution in [0.1, 0.15) is 16.7 Å². The summed E-state index contributed by atoms with van der Waals surface area (Å²) in [4.78, 5) is 11.7. The predicted molar refractivity (Wildman–Crippen MR) is 95.9 cm³/mol. The highest BCUT2D eigenvalue weighted by Gasteiger charge is 2.27. The third-order valence-electron chi connectivity index (χ3n) is 3.68. The summed E-state index contributed by atoms with van der Waals surface area (Å²) in [5, 5.41) is 1.78. The van der Waals surface area contributed by atoms with Crippen molar-refractivity contribution in [3.8, 4) is 0 Å². The second-order valence-corrected chi connectivity index (χ2v) is 7.79. The molecule has 0 bridgehead atoms. The molecule has 5 nitrogen and oxygen atoms in total. The molecule has 0 aromatic heterocycles. The Morgan fingerprint density at radius 2 is 1.67 bits per heavy atom. The predicted octanol–water partition coefficient (Wildman–Crippen LogP) is 3.33. The maximum absolute atomic E-state index is 12.5. The third-order valence-corrected chi connectivity index (χ3v) is 5.22. The Bertz CT molecular complexity index is 924. The first kappa shape index (κ1) is 20.8. The number of halogens is 3. The van der Waals surface area contributed by atoms with Crippen molar-refractivity contribution in [3.63, 3.8) is 0 Å². The summed E-state index contributed by atoms with van der Waals surface area (Å²) in [5.41, 5.74) is 2.30. The Kier molecular flexibility index (Phi) is 6.15. The van der Waals surface area contributed by atoms with Gasteiger partial charge in [0.05, 0.1) is 11.3 Å². The topological polar surface area (TPSA) is 75.3 Å². The van der Waals surface area contributed by atoms with Crippen molar-refractivity contribution in [1.82, 2.24) is 5.32 Å². The van der Waals surface area contributed by atoms with E-state index < -0.39 is 28.7 Å². The van der Waals surface area contributed by atoms with Crippen LogP contribution in [0.5, 0.6) is 0 Å². The van der Waals surface area contributed by atoms with Gasteiger partial charge in [-0.1, -0.05) is 29.8 Å². The van der Waals surface area contributed by atoms with Gasteiger partial charge in [0.2, 0.25) is 5.91 Å². The largest absolute Gasteiger partial charge is 0.405 e. The molecule has 2 aromatic rings. The molecule has 0 spiro atoms. The zero-order chi connectivity index (χ0) is 20.2. The first-order chi connectivity index (χ1) is 12.5. The van der Waals surface area contributed by atoms with Crippen molar-refractivity contribution in [2.24, 2.45) is 0 Å². The van der Waals surface area contributed by atoms with Gasteiger partial charge in [0, 0.05) is 5.69 Å². The Labute approximate surface area is 155 Å². The lowest BCUT2D eigenvalue weighted by atomic mass is 10.1. The Morgan fingerprint density at radius 3 is 2.22 bits per heavy atom. The van der Waals surface area contributed by atoms with Crippen molar-refractivity contribution < 1.29 is 26.4 Å². The Balaban J connectivity index is 2.03. The molecule has 2 N–H and O–H groups in total. The van der Waals surface area contributed by atoms with Crippen LogP contribution < -0.4 is 10.0 Å². The average molecular weight is 400 g/mol. The number of carbonyl (C=O) groups is 1. The van der Waals surface area contributed by atoms with E-state index in [2.05, 4.69) is 4.72 Å². The van der Waals surface area contributed by atoms with Crippen molar-refractivity contribution in [2.45, 2.75) is 31.3 Å². The van der Waals surface area contributed by atoms with Gasteiger partial charge in [-0.3, -0.25) is 9.52 Å². The van der Waals surface area contributed by atoms with Crippen LogP contribution in [-0.2, 0) is 21.2 Å². The van der Waals surface area contributed by atoms with Gasteiger partial charge < -0.3 is 5.32 Å². The van der Waals surface area contributed by atoms with Gasteiger partial charge in [0.25, 0.3) is 10.0 Å². The molecule has 2 rings (SSSR count). The van der Waals surface area contributed by atoms with Crippen molar-refractivity contribution in [2.75, 3.05) is 11.3 Å².